The summed E-state index contributed by atoms with van der Waals surface area (Å²) in [7, 11) is 0. The van der Waals surface area contributed by atoms with Crippen LogP contribution in [-0.4, -0.2) is 0 Å². The summed E-state index contributed by atoms with van der Waals surface area (Å²) in [5.74, 6) is 0.300. The second-order valence-electron chi connectivity index (χ2n) is 3.74. The number of nitrogens with two attached hydrogens (primary N) is 1. The van der Waals surface area contributed by atoms with Crippen LogP contribution in [0.4, 0.5) is 10.1 Å². The predicted molar refractivity (Wildman–Crippen MR) is 71.5 cm³/mol. The van der Waals surface area contributed by atoms with Crippen LogP contribution in [0.3, 0.4) is 0 Å². The van der Waals surface area contributed by atoms with E-state index in [1.165, 1.54) is 23.9 Å². The van der Waals surface area contributed by atoms with Crippen molar-refractivity contribution in [2.45, 2.75) is 10.6 Å². The number of anilines is 1. The van der Waals surface area contributed by atoms with Gasteiger partial charge >= 0.3 is 0 Å². The maximum Gasteiger partial charge on any atom is 0.125 e. The molecule has 0 radical (unpaired) electrons. The van der Waals surface area contributed by atoms with E-state index >= 15 is 0 Å². The normalized spacial score (nSPS) is 10.0. The molecule has 0 aliphatic heterocycles. The minimum Gasteiger partial charge on any atom is -0.398 e. The number of nitrogens with zero attached hydrogens (tertiary/aromatic N) is 1. The van der Waals surface area contributed by atoms with E-state index in [1.807, 2.05) is 18.2 Å². The highest BCUT2D eigenvalue weighted by Gasteiger charge is 2.05. The van der Waals surface area contributed by atoms with Gasteiger partial charge in [0, 0.05) is 16.3 Å². The summed E-state index contributed by atoms with van der Waals surface area (Å²) in [5, 5.41) is 8.97. The fraction of sp³-hybridized carbons (Fsp3) is 0.0714. The molecule has 0 unspecified atom stereocenters. The number of rotatable bonds is 3. The molecular formula is C14H11FN2S. The van der Waals surface area contributed by atoms with Gasteiger partial charge in [0.05, 0.1) is 11.6 Å². The Morgan fingerprint density at radius 1 is 1.22 bits per heavy atom. The van der Waals surface area contributed by atoms with Crippen LogP contribution in [0.5, 0.6) is 0 Å². The molecule has 0 atom stereocenters. The van der Waals surface area contributed by atoms with Crippen LogP contribution in [0.15, 0.2) is 47.4 Å². The molecule has 0 aromatic heterocycles. The number of halogens is 1. The Bertz CT molecular complexity index is 605. The fourth-order valence-electron chi connectivity index (χ4n) is 1.56. The van der Waals surface area contributed by atoms with Gasteiger partial charge in [-0.3, -0.25) is 0 Å². The van der Waals surface area contributed by atoms with Crippen LogP contribution in [0.1, 0.15) is 11.1 Å². The van der Waals surface area contributed by atoms with Gasteiger partial charge in [0.15, 0.2) is 0 Å². The average molecular weight is 258 g/mol. The number of thioether (sulfide) groups is 1. The van der Waals surface area contributed by atoms with Gasteiger partial charge in [-0.25, -0.2) is 4.39 Å². The van der Waals surface area contributed by atoms with Crippen LogP contribution in [0.2, 0.25) is 0 Å². The molecule has 0 amide bonds. The Balaban J connectivity index is 2.14. The van der Waals surface area contributed by atoms with Crippen molar-refractivity contribution in [2.24, 2.45) is 0 Å². The standard InChI is InChI=1S/C14H11FN2S/c15-12-5-6-14(13(17)7-12)18-9-11-4-2-1-3-10(11)8-16/h1-7H,9,17H2. The molecule has 0 saturated carbocycles. The van der Waals surface area contributed by atoms with Crippen LogP contribution in [-0.2, 0) is 5.75 Å². The summed E-state index contributed by atoms with van der Waals surface area (Å²) in [5.41, 5.74) is 7.77. The van der Waals surface area contributed by atoms with E-state index in [1.54, 1.807) is 12.1 Å². The molecule has 2 aromatic rings. The van der Waals surface area contributed by atoms with Crippen LogP contribution in [0.25, 0.3) is 0 Å². The first-order chi connectivity index (χ1) is 8.70. The minimum atomic E-state index is -0.339. The molecule has 0 bridgehead atoms. The number of nitrogen functional groups attached to an aromatic ring is 1. The Morgan fingerprint density at radius 3 is 2.72 bits per heavy atom. The summed E-state index contributed by atoms with van der Waals surface area (Å²) in [6, 6.07) is 13.9. The number of benzene rings is 2. The van der Waals surface area contributed by atoms with Crippen molar-refractivity contribution in [3.8, 4) is 6.07 Å². The van der Waals surface area contributed by atoms with Gasteiger partial charge in [-0.1, -0.05) is 18.2 Å². The van der Waals surface area contributed by atoms with Gasteiger partial charge in [-0.2, -0.15) is 5.26 Å². The van der Waals surface area contributed by atoms with E-state index in [0.29, 0.717) is 17.0 Å². The van der Waals surface area contributed by atoms with Crippen LogP contribution >= 0.6 is 11.8 Å². The zero-order valence-electron chi connectivity index (χ0n) is 9.56. The van der Waals surface area contributed by atoms with Crippen molar-refractivity contribution in [3.63, 3.8) is 0 Å². The molecule has 2 aromatic carbocycles. The van der Waals surface area contributed by atoms with Crippen molar-refractivity contribution in [1.82, 2.24) is 0 Å². The highest BCUT2D eigenvalue weighted by molar-refractivity contribution is 7.98. The number of nitriles is 1. The second kappa shape index (κ2) is 5.56. The lowest BCUT2D eigenvalue weighted by atomic mass is 10.1. The van der Waals surface area contributed by atoms with Gasteiger partial charge in [-0.05, 0) is 29.8 Å². The topological polar surface area (TPSA) is 49.8 Å². The predicted octanol–water partition coefficient (Wildman–Crippen LogP) is 3.57. The third kappa shape index (κ3) is 2.82. The smallest absolute Gasteiger partial charge is 0.125 e. The summed E-state index contributed by atoms with van der Waals surface area (Å²) in [4.78, 5) is 0.823. The summed E-state index contributed by atoms with van der Waals surface area (Å²) < 4.78 is 12.9. The molecule has 0 aliphatic carbocycles. The van der Waals surface area contributed by atoms with Gasteiger partial charge in [0.2, 0.25) is 0 Å². The molecule has 0 spiro atoms. The maximum absolute atomic E-state index is 12.9. The molecule has 0 heterocycles. The summed E-state index contributed by atoms with van der Waals surface area (Å²) >= 11 is 1.50. The second-order valence-corrected chi connectivity index (χ2v) is 4.76. The van der Waals surface area contributed by atoms with Gasteiger partial charge < -0.3 is 5.73 Å². The monoisotopic (exact) mass is 258 g/mol. The van der Waals surface area contributed by atoms with E-state index in [2.05, 4.69) is 6.07 Å². The first-order valence-corrected chi connectivity index (χ1v) is 6.35. The van der Waals surface area contributed by atoms with Gasteiger partial charge in [0.1, 0.15) is 5.82 Å². The molecule has 2 nitrogen and oxygen atoms in total. The van der Waals surface area contributed by atoms with Crippen molar-refractivity contribution in [2.75, 3.05) is 5.73 Å². The molecule has 0 fully saturated rings. The molecule has 90 valence electrons. The fourth-order valence-corrected chi connectivity index (χ4v) is 2.51. The van der Waals surface area contributed by atoms with Crippen molar-refractivity contribution in [3.05, 3.63) is 59.4 Å². The van der Waals surface area contributed by atoms with E-state index < -0.39 is 0 Å². The molecular weight excluding hydrogens is 247 g/mol. The quantitative estimate of drug-likeness (QED) is 0.676. The zero-order chi connectivity index (χ0) is 13.0. The van der Waals surface area contributed by atoms with Crippen molar-refractivity contribution in [1.29, 1.82) is 5.26 Å². The number of hydrogen-bond donors (Lipinski definition) is 1. The van der Waals surface area contributed by atoms with Crippen LogP contribution in [0, 0.1) is 17.1 Å². The summed E-state index contributed by atoms with van der Waals surface area (Å²) in [6.07, 6.45) is 0. The molecule has 4 heteroatoms. The largest absolute Gasteiger partial charge is 0.398 e. The van der Waals surface area contributed by atoms with Crippen molar-refractivity contribution >= 4 is 17.4 Å². The van der Waals surface area contributed by atoms with E-state index in [-0.39, 0.29) is 5.82 Å². The summed E-state index contributed by atoms with van der Waals surface area (Å²) in [6.45, 7) is 0. The van der Waals surface area contributed by atoms with E-state index in [9.17, 15) is 4.39 Å². The van der Waals surface area contributed by atoms with Crippen molar-refractivity contribution < 1.29 is 4.39 Å². The minimum absolute atomic E-state index is 0.339. The van der Waals surface area contributed by atoms with E-state index in [4.69, 9.17) is 11.0 Å². The van der Waals surface area contributed by atoms with Crippen LogP contribution < -0.4 is 5.73 Å². The maximum atomic E-state index is 12.9. The van der Waals surface area contributed by atoms with Gasteiger partial charge in [-0.15, -0.1) is 11.8 Å². The third-order valence-corrected chi connectivity index (χ3v) is 3.63. The SMILES string of the molecule is N#Cc1ccccc1CSc1ccc(F)cc1N. The Labute approximate surface area is 109 Å². The first kappa shape index (κ1) is 12.5. The van der Waals surface area contributed by atoms with E-state index in [0.717, 1.165) is 10.5 Å². The lowest BCUT2D eigenvalue weighted by molar-refractivity contribution is 0.627. The molecule has 0 aliphatic rings. The van der Waals surface area contributed by atoms with Gasteiger partial charge in [0.25, 0.3) is 0 Å². The Kier molecular flexibility index (Phi) is 3.85. The highest BCUT2D eigenvalue weighted by atomic mass is 32.2. The number of hydrogen-bond acceptors (Lipinski definition) is 3. The lowest BCUT2D eigenvalue weighted by Gasteiger charge is -2.06. The molecule has 0 saturated heterocycles. The highest BCUT2D eigenvalue weighted by Crippen LogP contribution is 2.29. The molecule has 18 heavy (non-hydrogen) atoms. The first-order valence-electron chi connectivity index (χ1n) is 5.36. The average Bonchev–Trinajstić information content (AvgIpc) is 2.38. The Morgan fingerprint density at radius 2 is 2.00 bits per heavy atom. The Hall–Kier alpha value is -1.99. The zero-order valence-corrected chi connectivity index (χ0v) is 10.4. The molecule has 2 N–H and O–H groups in total. The molecule has 2 rings (SSSR count). The third-order valence-electron chi connectivity index (χ3n) is 2.49. The lowest BCUT2D eigenvalue weighted by Crippen LogP contribution is -1.91.